The molecule has 0 amide bonds. The van der Waals surface area contributed by atoms with E-state index in [9.17, 15) is 36.6 Å². The zero-order chi connectivity index (χ0) is 19.2. The Hall–Kier alpha value is -2.78. The molecule has 0 fully saturated rings. The van der Waals surface area contributed by atoms with Gasteiger partial charge in [0.15, 0.2) is 0 Å². The van der Waals surface area contributed by atoms with Gasteiger partial charge in [0, 0.05) is 0 Å². The molecule has 0 unspecified atom stereocenters. The lowest BCUT2D eigenvalue weighted by molar-refractivity contribution is -0.138. The standard InChI is InChI=1S/C15H12F6N2O2/c16-14(17,18)8-4-10(22)12(24)2-6(8)1-7-3-13(25)11(23)5-9(7)15(19,20)21/h2-5,24-25H,1,22-23H2. The number of aromatic hydroxyl groups is 2. The van der Waals surface area contributed by atoms with Crippen LogP contribution in [0.25, 0.3) is 0 Å². The zero-order valence-corrected chi connectivity index (χ0v) is 12.3. The molecule has 0 atom stereocenters. The second-order valence-electron chi connectivity index (χ2n) is 5.31. The van der Waals surface area contributed by atoms with Crippen molar-refractivity contribution in [1.29, 1.82) is 0 Å². The van der Waals surface area contributed by atoms with E-state index in [1.54, 1.807) is 0 Å². The van der Waals surface area contributed by atoms with E-state index in [1.165, 1.54) is 0 Å². The average molecular weight is 366 g/mol. The molecular formula is C15H12F6N2O2. The van der Waals surface area contributed by atoms with Gasteiger partial charge in [-0.15, -0.1) is 0 Å². The third-order valence-electron chi connectivity index (χ3n) is 3.50. The Morgan fingerprint density at radius 3 is 1.28 bits per heavy atom. The summed E-state index contributed by atoms with van der Waals surface area (Å²) in [6.07, 6.45) is -10.7. The van der Waals surface area contributed by atoms with Crippen molar-refractivity contribution in [3.05, 3.63) is 46.5 Å². The Kier molecular flexibility index (Phi) is 4.41. The molecule has 0 aliphatic rings. The van der Waals surface area contributed by atoms with E-state index in [0.29, 0.717) is 24.3 Å². The normalized spacial score (nSPS) is 12.4. The summed E-state index contributed by atoms with van der Waals surface area (Å²) in [6, 6.07) is 2.17. The van der Waals surface area contributed by atoms with E-state index >= 15 is 0 Å². The van der Waals surface area contributed by atoms with Crippen LogP contribution in [0.15, 0.2) is 24.3 Å². The van der Waals surface area contributed by atoms with Gasteiger partial charge in [0.2, 0.25) is 0 Å². The number of phenolic OH excluding ortho intramolecular Hbond substituents is 2. The summed E-state index contributed by atoms with van der Waals surface area (Å²) in [5.74, 6) is -1.40. The Bertz CT molecular complexity index is 748. The summed E-state index contributed by atoms with van der Waals surface area (Å²) in [5.41, 5.74) is 5.52. The first kappa shape index (κ1) is 18.6. The van der Waals surface area contributed by atoms with Crippen molar-refractivity contribution >= 4 is 11.4 Å². The lowest BCUT2D eigenvalue weighted by atomic mass is 9.94. The van der Waals surface area contributed by atoms with Crippen molar-refractivity contribution in [3.8, 4) is 11.5 Å². The van der Waals surface area contributed by atoms with Crippen molar-refractivity contribution in [2.24, 2.45) is 0 Å². The first-order valence-electron chi connectivity index (χ1n) is 6.67. The highest BCUT2D eigenvalue weighted by Gasteiger charge is 2.37. The first-order chi connectivity index (χ1) is 11.3. The molecule has 0 radical (unpaired) electrons. The van der Waals surface area contributed by atoms with Gasteiger partial charge in [0.1, 0.15) is 11.5 Å². The zero-order valence-electron chi connectivity index (χ0n) is 12.3. The number of nitrogens with two attached hydrogens (primary N) is 2. The topological polar surface area (TPSA) is 92.5 Å². The fraction of sp³-hybridized carbons (Fsp3) is 0.200. The van der Waals surface area contributed by atoms with Gasteiger partial charge in [0.05, 0.1) is 22.5 Å². The molecule has 4 nitrogen and oxygen atoms in total. The summed E-state index contributed by atoms with van der Waals surface area (Å²) < 4.78 is 78.7. The molecule has 2 aromatic carbocycles. The van der Waals surface area contributed by atoms with Crippen LogP contribution in [0.1, 0.15) is 22.3 Å². The summed E-state index contributed by atoms with van der Waals surface area (Å²) >= 11 is 0. The largest absolute Gasteiger partial charge is 0.506 e. The van der Waals surface area contributed by atoms with Crippen LogP contribution in [0.5, 0.6) is 11.5 Å². The van der Waals surface area contributed by atoms with Crippen LogP contribution in [0.4, 0.5) is 37.7 Å². The Morgan fingerprint density at radius 2 is 1.00 bits per heavy atom. The number of anilines is 2. The molecule has 0 saturated heterocycles. The second kappa shape index (κ2) is 5.94. The predicted molar refractivity (Wildman–Crippen MR) is 77.8 cm³/mol. The van der Waals surface area contributed by atoms with Crippen molar-refractivity contribution in [1.82, 2.24) is 0 Å². The summed E-state index contributed by atoms with van der Waals surface area (Å²) in [6.45, 7) is 0. The average Bonchev–Trinajstić information content (AvgIpc) is 2.43. The number of nitrogen functional groups attached to an aromatic ring is 2. The molecule has 25 heavy (non-hydrogen) atoms. The fourth-order valence-corrected chi connectivity index (χ4v) is 2.32. The number of hydrogen-bond donors (Lipinski definition) is 4. The molecule has 0 heterocycles. The van der Waals surface area contributed by atoms with Gasteiger partial charge in [-0.25, -0.2) is 0 Å². The van der Waals surface area contributed by atoms with Crippen LogP contribution in [-0.2, 0) is 18.8 Å². The highest BCUT2D eigenvalue weighted by atomic mass is 19.4. The van der Waals surface area contributed by atoms with Gasteiger partial charge in [-0.2, -0.15) is 26.3 Å². The molecular weight excluding hydrogens is 354 g/mol. The summed E-state index contributed by atoms with van der Waals surface area (Å²) in [5, 5.41) is 19.0. The quantitative estimate of drug-likeness (QED) is 0.369. The van der Waals surface area contributed by atoms with Crippen molar-refractivity contribution < 1.29 is 36.6 Å². The Balaban J connectivity index is 2.65. The molecule has 0 aliphatic carbocycles. The van der Waals surface area contributed by atoms with Crippen LogP contribution in [0, 0.1) is 0 Å². The van der Waals surface area contributed by atoms with Gasteiger partial charge in [-0.05, 0) is 41.8 Å². The third-order valence-corrected chi connectivity index (χ3v) is 3.50. The molecule has 10 heteroatoms. The van der Waals surface area contributed by atoms with E-state index in [4.69, 9.17) is 11.5 Å². The summed E-state index contributed by atoms with van der Waals surface area (Å²) in [4.78, 5) is 0. The molecule has 2 rings (SSSR count). The molecule has 2 aromatic rings. The minimum absolute atomic E-state index is 0.440. The van der Waals surface area contributed by atoms with E-state index in [-0.39, 0.29) is 0 Å². The lowest BCUT2D eigenvalue weighted by Crippen LogP contribution is -2.14. The molecule has 0 aliphatic heterocycles. The molecule has 0 saturated carbocycles. The predicted octanol–water partition coefficient (Wildman–Crippen LogP) is 3.89. The molecule has 0 aromatic heterocycles. The van der Waals surface area contributed by atoms with Gasteiger partial charge < -0.3 is 21.7 Å². The number of rotatable bonds is 2. The molecule has 6 N–H and O–H groups in total. The maximum absolute atomic E-state index is 13.1. The second-order valence-corrected chi connectivity index (χ2v) is 5.31. The number of hydrogen-bond acceptors (Lipinski definition) is 4. The van der Waals surface area contributed by atoms with Crippen molar-refractivity contribution in [2.45, 2.75) is 18.8 Å². The molecule has 0 spiro atoms. The lowest BCUT2D eigenvalue weighted by Gasteiger charge is -2.18. The first-order valence-corrected chi connectivity index (χ1v) is 6.67. The van der Waals surface area contributed by atoms with Crippen LogP contribution < -0.4 is 11.5 Å². The number of benzene rings is 2. The van der Waals surface area contributed by atoms with Crippen LogP contribution in [0.3, 0.4) is 0 Å². The fourth-order valence-electron chi connectivity index (χ4n) is 2.32. The monoisotopic (exact) mass is 366 g/mol. The smallest absolute Gasteiger partial charge is 0.416 e. The SMILES string of the molecule is Nc1cc(C(F)(F)F)c(Cc2cc(O)c(N)cc2C(F)(F)F)cc1O. The minimum atomic E-state index is -4.90. The maximum Gasteiger partial charge on any atom is 0.416 e. The van der Waals surface area contributed by atoms with E-state index < -0.39 is 63.9 Å². The molecule has 0 bridgehead atoms. The van der Waals surface area contributed by atoms with E-state index in [2.05, 4.69) is 0 Å². The number of alkyl halides is 6. The summed E-state index contributed by atoms with van der Waals surface area (Å²) in [7, 11) is 0. The number of phenols is 2. The third kappa shape index (κ3) is 3.83. The maximum atomic E-state index is 13.1. The van der Waals surface area contributed by atoms with Crippen LogP contribution in [0.2, 0.25) is 0 Å². The van der Waals surface area contributed by atoms with Gasteiger partial charge in [0.25, 0.3) is 0 Å². The minimum Gasteiger partial charge on any atom is -0.506 e. The van der Waals surface area contributed by atoms with Crippen molar-refractivity contribution in [2.75, 3.05) is 11.5 Å². The number of halogens is 6. The van der Waals surface area contributed by atoms with Crippen LogP contribution in [-0.4, -0.2) is 10.2 Å². The Morgan fingerprint density at radius 1 is 0.680 bits per heavy atom. The van der Waals surface area contributed by atoms with Crippen LogP contribution >= 0.6 is 0 Å². The van der Waals surface area contributed by atoms with Gasteiger partial charge in [-0.3, -0.25) is 0 Å². The van der Waals surface area contributed by atoms with E-state index in [1.807, 2.05) is 0 Å². The van der Waals surface area contributed by atoms with Gasteiger partial charge in [-0.1, -0.05) is 0 Å². The van der Waals surface area contributed by atoms with Crippen molar-refractivity contribution in [3.63, 3.8) is 0 Å². The highest BCUT2D eigenvalue weighted by molar-refractivity contribution is 5.60. The Labute approximate surface area is 137 Å². The molecule has 136 valence electrons. The highest BCUT2D eigenvalue weighted by Crippen LogP contribution is 2.41. The van der Waals surface area contributed by atoms with E-state index in [0.717, 1.165) is 0 Å². The van der Waals surface area contributed by atoms with Gasteiger partial charge >= 0.3 is 12.4 Å².